The highest BCUT2D eigenvalue weighted by Crippen LogP contribution is 2.26. The minimum absolute atomic E-state index is 0.0626. The minimum Gasteiger partial charge on any atom is -0.489 e. The number of nitro benzene ring substituents is 1. The Morgan fingerprint density at radius 3 is 2.38 bits per heavy atom. The number of hydrogen-bond donors (Lipinski definition) is 0. The minimum atomic E-state index is -0.519. The SMILES string of the molecule is O=C(Oc1ccc([N+](=O)[O-])cc1)N1CCO[C@H](c2ccc(OCc3ccccc3)cc2)C1. The fourth-order valence-electron chi connectivity index (χ4n) is 3.34. The van der Waals surface area contributed by atoms with Gasteiger partial charge in [0, 0.05) is 18.7 Å². The molecule has 1 fully saturated rings. The van der Waals surface area contributed by atoms with E-state index in [9.17, 15) is 14.9 Å². The maximum atomic E-state index is 12.5. The molecule has 0 bridgehead atoms. The zero-order valence-corrected chi connectivity index (χ0v) is 17.3. The first-order chi connectivity index (χ1) is 15.6. The van der Waals surface area contributed by atoms with Crippen molar-refractivity contribution in [2.75, 3.05) is 19.7 Å². The van der Waals surface area contributed by atoms with E-state index >= 15 is 0 Å². The van der Waals surface area contributed by atoms with Gasteiger partial charge in [-0.2, -0.15) is 0 Å². The average Bonchev–Trinajstić information content (AvgIpc) is 2.84. The highest BCUT2D eigenvalue weighted by Gasteiger charge is 2.27. The molecule has 1 heterocycles. The summed E-state index contributed by atoms with van der Waals surface area (Å²) < 4.78 is 17.0. The second-order valence-electron chi connectivity index (χ2n) is 7.27. The van der Waals surface area contributed by atoms with Crippen LogP contribution in [0.25, 0.3) is 0 Å². The van der Waals surface area contributed by atoms with Crippen LogP contribution in [0.5, 0.6) is 11.5 Å². The molecule has 3 aromatic carbocycles. The summed E-state index contributed by atoms with van der Waals surface area (Å²) in [5.41, 5.74) is 1.96. The summed E-state index contributed by atoms with van der Waals surface area (Å²) in [5.74, 6) is 1.01. The van der Waals surface area contributed by atoms with Gasteiger partial charge in [0.15, 0.2) is 0 Å². The molecule has 3 aromatic rings. The van der Waals surface area contributed by atoms with E-state index in [0.717, 1.165) is 16.9 Å². The van der Waals surface area contributed by atoms with Gasteiger partial charge in [0.2, 0.25) is 0 Å². The van der Waals surface area contributed by atoms with Crippen LogP contribution in [0.2, 0.25) is 0 Å². The van der Waals surface area contributed by atoms with Crippen molar-refractivity contribution < 1.29 is 23.9 Å². The van der Waals surface area contributed by atoms with Crippen LogP contribution < -0.4 is 9.47 Å². The standard InChI is InChI=1S/C24H22N2O6/c27-24(32-22-12-8-20(9-13-22)26(28)29)25-14-15-30-23(16-25)19-6-10-21(11-7-19)31-17-18-4-2-1-3-5-18/h1-13,23H,14-17H2/t23-/m0/s1. The van der Waals surface area contributed by atoms with E-state index in [4.69, 9.17) is 14.2 Å². The van der Waals surface area contributed by atoms with E-state index in [0.29, 0.717) is 26.3 Å². The van der Waals surface area contributed by atoms with Crippen LogP contribution in [-0.4, -0.2) is 35.6 Å². The third-order valence-corrected chi connectivity index (χ3v) is 5.08. The Kier molecular flexibility index (Phi) is 6.62. The van der Waals surface area contributed by atoms with Gasteiger partial charge in [-0.1, -0.05) is 42.5 Å². The number of carbonyl (C=O) groups is 1. The highest BCUT2D eigenvalue weighted by atomic mass is 16.6. The van der Waals surface area contributed by atoms with Crippen LogP contribution in [0, 0.1) is 10.1 Å². The smallest absolute Gasteiger partial charge is 0.415 e. The Morgan fingerprint density at radius 2 is 1.69 bits per heavy atom. The van der Waals surface area contributed by atoms with Crippen molar-refractivity contribution in [3.8, 4) is 11.5 Å². The number of non-ortho nitro benzene ring substituents is 1. The number of rotatable bonds is 6. The molecule has 0 saturated carbocycles. The summed E-state index contributed by atoms with van der Waals surface area (Å²) in [6.45, 7) is 1.62. The Hall–Kier alpha value is -3.91. The van der Waals surface area contributed by atoms with Gasteiger partial charge in [-0.15, -0.1) is 0 Å². The highest BCUT2D eigenvalue weighted by molar-refractivity contribution is 5.71. The molecule has 8 nitrogen and oxygen atoms in total. The molecule has 1 amide bonds. The Morgan fingerprint density at radius 1 is 1.00 bits per heavy atom. The summed E-state index contributed by atoms with van der Waals surface area (Å²) in [6, 6.07) is 23.0. The summed E-state index contributed by atoms with van der Waals surface area (Å²) in [4.78, 5) is 24.3. The van der Waals surface area contributed by atoms with Gasteiger partial charge in [0.1, 0.15) is 24.2 Å². The van der Waals surface area contributed by atoms with E-state index in [1.807, 2.05) is 54.6 Å². The van der Waals surface area contributed by atoms with E-state index in [2.05, 4.69) is 0 Å². The number of benzene rings is 3. The van der Waals surface area contributed by atoms with E-state index in [-0.39, 0.29) is 17.5 Å². The van der Waals surface area contributed by atoms with Crippen molar-refractivity contribution in [3.05, 3.63) is 100 Å². The third-order valence-electron chi connectivity index (χ3n) is 5.08. The first kappa shape index (κ1) is 21.3. The van der Waals surface area contributed by atoms with Crippen molar-refractivity contribution in [2.24, 2.45) is 0 Å². The fraction of sp³-hybridized carbons (Fsp3) is 0.208. The maximum absolute atomic E-state index is 12.5. The topological polar surface area (TPSA) is 91.1 Å². The summed E-state index contributed by atoms with van der Waals surface area (Å²) >= 11 is 0. The molecule has 1 atom stereocenters. The van der Waals surface area contributed by atoms with Crippen LogP contribution in [-0.2, 0) is 11.3 Å². The molecule has 1 aliphatic heterocycles. The molecule has 0 spiro atoms. The molecule has 0 aromatic heterocycles. The predicted octanol–water partition coefficient (Wildman–Crippen LogP) is 4.75. The zero-order valence-electron chi connectivity index (χ0n) is 17.3. The summed E-state index contributed by atoms with van der Waals surface area (Å²) in [6.07, 6.45) is -0.800. The van der Waals surface area contributed by atoms with Crippen LogP contribution in [0.1, 0.15) is 17.2 Å². The lowest BCUT2D eigenvalue weighted by Gasteiger charge is -2.32. The summed E-state index contributed by atoms with van der Waals surface area (Å²) in [5, 5.41) is 10.7. The van der Waals surface area contributed by atoms with Crippen LogP contribution in [0.3, 0.4) is 0 Å². The lowest BCUT2D eigenvalue weighted by Crippen LogP contribution is -2.43. The quantitative estimate of drug-likeness (QED) is 0.411. The second kappa shape index (κ2) is 9.93. The predicted molar refractivity (Wildman–Crippen MR) is 117 cm³/mol. The number of hydrogen-bond acceptors (Lipinski definition) is 6. The number of carbonyl (C=O) groups excluding carboxylic acids is 1. The zero-order chi connectivity index (χ0) is 22.3. The molecule has 0 unspecified atom stereocenters. The van der Waals surface area contributed by atoms with Crippen LogP contribution >= 0.6 is 0 Å². The molecule has 0 N–H and O–H groups in total. The number of morpholine rings is 1. The molecule has 8 heteroatoms. The Balaban J connectivity index is 1.32. The first-order valence-electron chi connectivity index (χ1n) is 10.2. The average molecular weight is 434 g/mol. The maximum Gasteiger partial charge on any atom is 0.415 e. The largest absolute Gasteiger partial charge is 0.489 e. The van der Waals surface area contributed by atoms with Gasteiger partial charge >= 0.3 is 6.09 Å². The molecule has 164 valence electrons. The lowest BCUT2D eigenvalue weighted by molar-refractivity contribution is -0.384. The van der Waals surface area contributed by atoms with Gasteiger partial charge in [-0.25, -0.2) is 4.79 Å². The van der Waals surface area contributed by atoms with E-state index < -0.39 is 11.0 Å². The van der Waals surface area contributed by atoms with Gasteiger partial charge < -0.3 is 19.1 Å². The number of amides is 1. The van der Waals surface area contributed by atoms with Crippen molar-refractivity contribution in [3.63, 3.8) is 0 Å². The second-order valence-corrected chi connectivity index (χ2v) is 7.27. The van der Waals surface area contributed by atoms with Crippen LogP contribution in [0.4, 0.5) is 10.5 Å². The number of ether oxygens (including phenoxy) is 3. The lowest BCUT2D eigenvalue weighted by atomic mass is 10.1. The summed E-state index contributed by atoms with van der Waals surface area (Å²) in [7, 11) is 0. The Bertz CT molecular complexity index is 1050. The van der Waals surface area contributed by atoms with E-state index in [1.54, 1.807) is 4.90 Å². The van der Waals surface area contributed by atoms with Gasteiger partial charge in [0.05, 0.1) is 18.1 Å². The van der Waals surface area contributed by atoms with Crippen molar-refractivity contribution in [2.45, 2.75) is 12.7 Å². The number of nitrogens with zero attached hydrogens (tertiary/aromatic N) is 2. The fourth-order valence-corrected chi connectivity index (χ4v) is 3.34. The molecular weight excluding hydrogens is 412 g/mol. The Labute approximate surface area is 185 Å². The van der Waals surface area contributed by atoms with Crippen LogP contribution in [0.15, 0.2) is 78.9 Å². The molecule has 4 rings (SSSR count). The van der Waals surface area contributed by atoms with Crippen molar-refractivity contribution in [1.82, 2.24) is 4.90 Å². The molecular formula is C24H22N2O6. The third kappa shape index (κ3) is 5.41. The normalized spacial score (nSPS) is 15.8. The molecule has 32 heavy (non-hydrogen) atoms. The van der Waals surface area contributed by atoms with Gasteiger partial charge in [-0.05, 0) is 35.4 Å². The monoisotopic (exact) mass is 434 g/mol. The van der Waals surface area contributed by atoms with E-state index in [1.165, 1.54) is 24.3 Å². The van der Waals surface area contributed by atoms with Gasteiger partial charge in [-0.3, -0.25) is 10.1 Å². The van der Waals surface area contributed by atoms with Gasteiger partial charge in [0.25, 0.3) is 5.69 Å². The molecule has 1 saturated heterocycles. The molecule has 0 radical (unpaired) electrons. The molecule has 0 aliphatic carbocycles. The number of nitro groups is 1. The molecule has 1 aliphatic rings. The van der Waals surface area contributed by atoms with Crippen molar-refractivity contribution in [1.29, 1.82) is 0 Å². The first-order valence-corrected chi connectivity index (χ1v) is 10.2. The van der Waals surface area contributed by atoms with Crippen molar-refractivity contribution >= 4 is 11.8 Å².